The van der Waals surface area contributed by atoms with Gasteiger partial charge in [-0.2, -0.15) is 0 Å². The quantitative estimate of drug-likeness (QED) is 0.0280. The van der Waals surface area contributed by atoms with Crippen LogP contribution in [0.3, 0.4) is 0 Å². The molecule has 0 saturated heterocycles. The summed E-state index contributed by atoms with van der Waals surface area (Å²) in [7, 11) is 5.56. The number of nitrogens with zero attached hydrogens (tertiary/aromatic N) is 1. The number of allylic oxidation sites excluding steroid dienone is 2. The maximum atomic E-state index is 12.9. The maximum Gasteiger partial charge on any atom is 0.362 e. The Kier molecular flexibility index (Phi) is 50.9. The summed E-state index contributed by atoms with van der Waals surface area (Å²) in [6.07, 6.45) is 61.4. The maximum absolute atomic E-state index is 12.9. The molecule has 69 heavy (non-hydrogen) atoms. The number of hydrogen-bond donors (Lipinski definition) is 1. The fraction of sp³-hybridized carbons (Fsp3) is 0.918. The van der Waals surface area contributed by atoms with Crippen LogP contribution in [0.5, 0.6) is 0 Å². The fourth-order valence-corrected chi connectivity index (χ4v) is 9.50. The first-order valence-corrected chi connectivity index (χ1v) is 30.2. The Morgan fingerprint density at radius 1 is 0.420 bits per heavy atom. The molecule has 0 aromatic carbocycles. The molecule has 0 saturated carbocycles. The van der Waals surface area contributed by atoms with E-state index in [0.717, 1.165) is 38.5 Å². The van der Waals surface area contributed by atoms with E-state index in [1.54, 1.807) is 0 Å². The number of aliphatic carboxylic acids is 1. The van der Waals surface area contributed by atoms with Crippen LogP contribution in [0.1, 0.15) is 309 Å². The summed E-state index contributed by atoms with van der Waals surface area (Å²) in [5.74, 6) is -1.44. The van der Waals surface area contributed by atoms with Crippen molar-refractivity contribution in [3.8, 4) is 0 Å². The second-order valence-electron chi connectivity index (χ2n) is 22.0. The lowest BCUT2D eigenvalue weighted by Crippen LogP contribution is -2.50. The fourth-order valence-electron chi connectivity index (χ4n) is 9.50. The highest BCUT2D eigenvalue weighted by molar-refractivity contribution is 5.72. The molecule has 0 aliphatic carbocycles. The van der Waals surface area contributed by atoms with Crippen molar-refractivity contribution in [3.63, 3.8) is 0 Å². The Labute approximate surface area is 429 Å². The summed E-state index contributed by atoms with van der Waals surface area (Å²) in [5.41, 5.74) is 0. The molecule has 408 valence electrons. The molecule has 8 heteroatoms. The predicted molar refractivity (Wildman–Crippen MR) is 294 cm³/mol. The highest BCUT2D eigenvalue weighted by Crippen LogP contribution is 2.18. The molecule has 0 aromatic heterocycles. The Balaban J connectivity index is 4.11. The molecule has 2 unspecified atom stereocenters. The second-order valence-corrected chi connectivity index (χ2v) is 22.0. The van der Waals surface area contributed by atoms with E-state index in [1.807, 2.05) is 21.1 Å². The number of esters is 2. The molecule has 0 fully saturated rings. The molecule has 0 rings (SSSR count). The standard InChI is InChI=1S/C61H117NO7/c1-6-8-10-12-14-16-18-20-22-24-26-28-30-32-34-36-38-40-42-44-46-48-50-52-60(64)69-57(55-67-54-53-58(61(65)66)62(3,4)5)56-68-59(63)51-49-47-45-43-41-39-37-35-33-31-29-27-25-23-21-19-17-15-13-11-9-7-2/h32,34,57-58H,6-31,33,35-56H2,1-5H3/p+1/b34-32+. The summed E-state index contributed by atoms with van der Waals surface area (Å²) in [6.45, 7) is 4.81. The van der Waals surface area contributed by atoms with Crippen molar-refractivity contribution >= 4 is 17.9 Å². The average Bonchev–Trinajstić information content (AvgIpc) is 3.31. The molecule has 0 amide bonds. The Bertz CT molecular complexity index is 1140. The molecule has 0 radical (unpaired) electrons. The number of hydrogen-bond acceptors (Lipinski definition) is 6. The van der Waals surface area contributed by atoms with Gasteiger partial charge in [-0.3, -0.25) is 9.59 Å². The third-order valence-corrected chi connectivity index (χ3v) is 14.2. The lowest BCUT2D eigenvalue weighted by molar-refractivity contribution is -0.887. The number of carbonyl (C=O) groups is 3. The summed E-state index contributed by atoms with van der Waals surface area (Å²) < 4.78 is 17.4. The molecule has 0 heterocycles. The molecule has 0 aliphatic heterocycles. The predicted octanol–water partition coefficient (Wildman–Crippen LogP) is 18.2. The van der Waals surface area contributed by atoms with Gasteiger partial charge in [-0.1, -0.05) is 264 Å². The van der Waals surface area contributed by atoms with Gasteiger partial charge >= 0.3 is 17.9 Å². The molecule has 0 bridgehead atoms. The summed E-state index contributed by atoms with van der Waals surface area (Å²) in [6, 6.07) is -0.613. The van der Waals surface area contributed by atoms with Crippen LogP contribution < -0.4 is 0 Å². The smallest absolute Gasteiger partial charge is 0.362 e. The number of quaternary nitrogens is 1. The van der Waals surface area contributed by atoms with Crippen LogP contribution in [0.4, 0.5) is 0 Å². The van der Waals surface area contributed by atoms with Crippen molar-refractivity contribution in [2.45, 2.75) is 321 Å². The molecular weight excluding hydrogens is 859 g/mol. The SMILES string of the molecule is CCCCCCCCCCCCCC/C=C/CCCCCCCCCC(=O)OC(COCCC(C(=O)O)[N+](C)(C)C)COC(=O)CCCCCCCCCCCCCCCCCCCCCCCC. The lowest BCUT2D eigenvalue weighted by atomic mass is 10.0. The van der Waals surface area contributed by atoms with Gasteiger partial charge < -0.3 is 23.8 Å². The zero-order valence-corrected chi connectivity index (χ0v) is 46.8. The lowest BCUT2D eigenvalue weighted by Gasteiger charge is -2.31. The molecule has 8 nitrogen and oxygen atoms in total. The van der Waals surface area contributed by atoms with E-state index in [4.69, 9.17) is 14.2 Å². The topological polar surface area (TPSA) is 99.1 Å². The first-order valence-electron chi connectivity index (χ1n) is 30.2. The highest BCUT2D eigenvalue weighted by Gasteiger charge is 2.31. The second kappa shape index (κ2) is 52.4. The third-order valence-electron chi connectivity index (χ3n) is 14.2. The first-order chi connectivity index (χ1) is 33.6. The molecule has 0 spiro atoms. The van der Waals surface area contributed by atoms with Gasteiger partial charge in [-0.25, -0.2) is 4.79 Å². The van der Waals surface area contributed by atoms with Gasteiger partial charge in [-0.05, 0) is 38.5 Å². The number of rotatable bonds is 56. The van der Waals surface area contributed by atoms with Crippen LogP contribution >= 0.6 is 0 Å². The van der Waals surface area contributed by atoms with Gasteiger partial charge in [0.05, 0.1) is 34.4 Å². The van der Waals surface area contributed by atoms with E-state index >= 15 is 0 Å². The Morgan fingerprint density at radius 2 is 0.725 bits per heavy atom. The number of likely N-dealkylation sites (N-methyl/N-ethyl adjacent to an activating group) is 1. The van der Waals surface area contributed by atoms with Crippen molar-refractivity contribution in [2.24, 2.45) is 0 Å². The van der Waals surface area contributed by atoms with E-state index in [2.05, 4.69) is 26.0 Å². The number of carboxylic acid groups (broad SMARTS) is 1. The van der Waals surface area contributed by atoms with E-state index < -0.39 is 18.1 Å². The zero-order chi connectivity index (χ0) is 50.6. The monoisotopic (exact) mass is 977 g/mol. The molecule has 0 aliphatic rings. The van der Waals surface area contributed by atoms with Crippen molar-refractivity contribution in [1.29, 1.82) is 0 Å². The highest BCUT2D eigenvalue weighted by atomic mass is 16.6. The van der Waals surface area contributed by atoms with Gasteiger partial charge in [0.2, 0.25) is 0 Å². The summed E-state index contributed by atoms with van der Waals surface area (Å²) >= 11 is 0. The third kappa shape index (κ3) is 50.8. The minimum atomic E-state index is -0.869. The van der Waals surface area contributed by atoms with E-state index in [0.29, 0.717) is 19.3 Å². The van der Waals surface area contributed by atoms with Crippen LogP contribution in [-0.4, -0.2) is 80.6 Å². The van der Waals surface area contributed by atoms with Crippen LogP contribution in [0.15, 0.2) is 12.2 Å². The van der Waals surface area contributed by atoms with Crippen LogP contribution in [-0.2, 0) is 28.6 Å². The minimum Gasteiger partial charge on any atom is -0.477 e. The van der Waals surface area contributed by atoms with Gasteiger partial charge in [-0.15, -0.1) is 0 Å². The number of ether oxygens (including phenoxy) is 3. The van der Waals surface area contributed by atoms with Crippen LogP contribution in [0.25, 0.3) is 0 Å². The normalized spacial score (nSPS) is 12.8. The molecule has 0 aromatic rings. The number of carbonyl (C=O) groups excluding carboxylic acids is 2. The van der Waals surface area contributed by atoms with E-state index in [1.165, 1.54) is 238 Å². The van der Waals surface area contributed by atoms with Crippen molar-refractivity contribution in [1.82, 2.24) is 0 Å². The Morgan fingerprint density at radius 3 is 1.04 bits per heavy atom. The summed E-state index contributed by atoms with van der Waals surface area (Å²) in [5, 5.41) is 9.69. The van der Waals surface area contributed by atoms with Crippen molar-refractivity contribution in [2.75, 3.05) is 41.0 Å². The first kappa shape index (κ1) is 67.1. The summed E-state index contributed by atoms with van der Waals surface area (Å²) in [4.78, 5) is 37.3. The van der Waals surface area contributed by atoms with Gasteiger partial charge in [0.1, 0.15) is 6.61 Å². The molecular formula is C61H118NO7+. The van der Waals surface area contributed by atoms with Crippen molar-refractivity contribution in [3.05, 3.63) is 12.2 Å². The molecule has 1 N–H and O–H groups in total. The largest absolute Gasteiger partial charge is 0.477 e. The Hall–Kier alpha value is -1.93. The zero-order valence-electron chi connectivity index (χ0n) is 46.8. The van der Waals surface area contributed by atoms with E-state index in [9.17, 15) is 19.5 Å². The van der Waals surface area contributed by atoms with Gasteiger partial charge in [0.25, 0.3) is 0 Å². The van der Waals surface area contributed by atoms with Crippen LogP contribution in [0, 0.1) is 0 Å². The van der Waals surface area contributed by atoms with E-state index in [-0.39, 0.29) is 36.2 Å². The van der Waals surface area contributed by atoms with Crippen molar-refractivity contribution < 1.29 is 38.2 Å². The minimum absolute atomic E-state index is 0.0455. The number of unbranched alkanes of at least 4 members (excludes halogenated alkanes) is 40. The molecule has 2 atom stereocenters. The van der Waals surface area contributed by atoms with Gasteiger partial charge in [0.15, 0.2) is 12.1 Å². The number of carboxylic acids is 1. The van der Waals surface area contributed by atoms with Gasteiger partial charge in [0, 0.05) is 19.3 Å². The average molecular weight is 978 g/mol. The van der Waals surface area contributed by atoms with Crippen LogP contribution in [0.2, 0.25) is 0 Å².